The minimum Gasteiger partial charge on any atom is -0.498 e. The smallest absolute Gasteiger partial charge is 0.101 e. The molecule has 0 saturated heterocycles. The van der Waals surface area contributed by atoms with Crippen LogP contribution in [-0.4, -0.2) is 6.10 Å². The summed E-state index contributed by atoms with van der Waals surface area (Å²) in [6.07, 6.45) is 23.0. The van der Waals surface area contributed by atoms with Crippen molar-refractivity contribution in [1.82, 2.24) is 0 Å². The Kier molecular flexibility index (Phi) is 12.5. The summed E-state index contributed by atoms with van der Waals surface area (Å²) in [6.45, 7) is 8.36. The summed E-state index contributed by atoms with van der Waals surface area (Å²) in [6, 6.07) is 0. The third-order valence-electron chi connectivity index (χ3n) is 5.75. The fraction of sp³-hybridized carbons (Fsp3) is 0.909. The molecule has 1 saturated carbocycles. The first-order chi connectivity index (χ1) is 11.3. The molecule has 1 aliphatic rings. The molecule has 136 valence electrons. The molecular weight excluding hydrogens is 280 g/mol. The third kappa shape index (κ3) is 9.42. The van der Waals surface area contributed by atoms with E-state index < -0.39 is 0 Å². The summed E-state index contributed by atoms with van der Waals surface area (Å²) < 4.78 is 5.86. The van der Waals surface area contributed by atoms with Gasteiger partial charge in [0.05, 0.1) is 6.26 Å². The molecular formula is C22H42O. The molecule has 23 heavy (non-hydrogen) atoms. The van der Waals surface area contributed by atoms with Crippen molar-refractivity contribution in [3.8, 4) is 0 Å². The number of unbranched alkanes of at least 4 members (excludes halogenated alkanes) is 7. The van der Waals surface area contributed by atoms with Gasteiger partial charge in [-0.1, -0.05) is 91.1 Å². The van der Waals surface area contributed by atoms with E-state index in [-0.39, 0.29) is 0 Å². The van der Waals surface area contributed by atoms with Gasteiger partial charge in [-0.3, -0.25) is 0 Å². The van der Waals surface area contributed by atoms with Crippen molar-refractivity contribution in [2.45, 2.75) is 116 Å². The number of ether oxygens (including phenoxy) is 1. The largest absolute Gasteiger partial charge is 0.498 e. The Morgan fingerprint density at radius 3 is 2.13 bits per heavy atom. The molecule has 0 amide bonds. The Labute approximate surface area is 146 Å². The van der Waals surface area contributed by atoms with E-state index in [2.05, 4.69) is 20.4 Å². The summed E-state index contributed by atoms with van der Waals surface area (Å²) in [5.41, 5.74) is 0. The molecule has 0 aromatic heterocycles. The van der Waals surface area contributed by atoms with Crippen LogP contribution in [0.4, 0.5) is 0 Å². The molecule has 0 aromatic rings. The predicted octanol–water partition coefficient (Wildman–Crippen LogP) is 7.65. The van der Waals surface area contributed by atoms with Crippen LogP contribution in [0.3, 0.4) is 0 Å². The number of rotatable bonds is 14. The van der Waals surface area contributed by atoms with E-state index >= 15 is 0 Å². The van der Waals surface area contributed by atoms with Gasteiger partial charge in [-0.25, -0.2) is 0 Å². The number of hydrogen-bond donors (Lipinski definition) is 0. The first-order valence-corrected chi connectivity index (χ1v) is 10.6. The van der Waals surface area contributed by atoms with Crippen LogP contribution in [0, 0.1) is 11.8 Å². The van der Waals surface area contributed by atoms with Crippen LogP contribution < -0.4 is 0 Å². The van der Waals surface area contributed by atoms with Crippen LogP contribution in [-0.2, 0) is 4.74 Å². The van der Waals surface area contributed by atoms with Gasteiger partial charge in [0, 0.05) is 0 Å². The maximum atomic E-state index is 5.86. The second-order valence-electron chi connectivity index (χ2n) is 7.67. The Bertz CT molecular complexity index is 265. The van der Waals surface area contributed by atoms with Gasteiger partial charge < -0.3 is 4.74 Å². The van der Waals surface area contributed by atoms with Gasteiger partial charge in [0.2, 0.25) is 0 Å². The third-order valence-corrected chi connectivity index (χ3v) is 5.75. The molecule has 1 nitrogen and oxygen atoms in total. The summed E-state index contributed by atoms with van der Waals surface area (Å²) in [5.74, 6) is 1.78. The lowest BCUT2D eigenvalue weighted by atomic mass is 9.76. The zero-order chi connectivity index (χ0) is 16.8. The molecule has 0 bridgehead atoms. The molecule has 0 radical (unpaired) electrons. The normalized spacial score (nSPS) is 22.7. The highest BCUT2D eigenvalue weighted by atomic mass is 16.5. The maximum absolute atomic E-state index is 5.86. The van der Waals surface area contributed by atoms with Crippen LogP contribution >= 0.6 is 0 Å². The average Bonchev–Trinajstić information content (AvgIpc) is 2.58. The van der Waals surface area contributed by atoms with E-state index in [9.17, 15) is 0 Å². The Morgan fingerprint density at radius 1 is 0.870 bits per heavy atom. The van der Waals surface area contributed by atoms with Crippen molar-refractivity contribution in [3.05, 3.63) is 12.8 Å². The van der Waals surface area contributed by atoms with E-state index in [0.717, 1.165) is 11.8 Å². The molecule has 0 aromatic carbocycles. The summed E-state index contributed by atoms with van der Waals surface area (Å²) >= 11 is 0. The van der Waals surface area contributed by atoms with Crippen molar-refractivity contribution in [3.63, 3.8) is 0 Å². The maximum Gasteiger partial charge on any atom is 0.101 e. The molecule has 1 heteroatoms. The van der Waals surface area contributed by atoms with Crippen molar-refractivity contribution >= 4 is 0 Å². The SMILES string of the molecule is C=COC(CCCCC)C1CCC(CCCCCCCC)CC1. The standard InChI is InChI=1S/C22H42O/c1-4-7-9-10-11-13-14-20-16-18-21(19-17-20)22(23-6-3)15-12-8-5-2/h6,20-22H,3-5,7-19H2,1-2H3. The zero-order valence-electron chi connectivity index (χ0n) is 16.0. The van der Waals surface area contributed by atoms with Crippen molar-refractivity contribution in [2.24, 2.45) is 11.8 Å². The van der Waals surface area contributed by atoms with E-state index in [1.807, 2.05) is 0 Å². The van der Waals surface area contributed by atoms with Gasteiger partial charge in [-0.05, 0) is 37.5 Å². The average molecular weight is 323 g/mol. The molecule has 0 N–H and O–H groups in total. The first-order valence-electron chi connectivity index (χ1n) is 10.6. The lowest BCUT2D eigenvalue weighted by Gasteiger charge is -2.33. The van der Waals surface area contributed by atoms with Gasteiger partial charge in [0.25, 0.3) is 0 Å². The minimum absolute atomic E-state index is 0.439. The molecule has 1 unspecified atom stereocenters. The van der Waals surface area contributed by atoms with Crippen LogP contribution in [0.2, 0.25) is 0 Å². The minimum atomic E-state index is 0.439. The topological polar surface area (TPSA) is 9.23 Å². The van der Waals surface area contributed by atoms with Gasteiger partial charge in [0.15, 0.2) is 0 Å². The van der Waals surface area contributed by atoms with Crippen molar-refractivity contribution in [1.29, 1.82) is 0 Å². The summed E-state index contributed by atoms with van der Waals surface area (Å²) in [5, 5.41) is 0. The fourth-order valence-corrected chi connectivity index (χ4v) is 4.20. The molecule has 0 heterocycles. The molecule has 1 aliphatic carbocycles. The highest BCUT2D eigenvalue weighted by Gasteiger charge is 2.27. The fourth-order valence-electron chi connectivity index (χ4n) is 4.20. The van der Waals surface area contributed by atoms with E-state index in [1.165, 1.54) is 96.3 Å². The lowest BCUT2D eigenvalue weighted by molar-refractivity contribution is 0.0484. The first kappa shape index (κ1) is 20.6. The quantitative estimate of drug-likeness (QED) is 0.236. The van der Waals surface area contributed by atoms with Crippen LogP contribution in [0.25, 0.3) is 0 Å². The molecule has 0 spiro atoms. The summed E-state index contributed by atoms with van der Waals surface area (Å²) in [7, 11) is 0. The van der Waals surface area contributed by atoms with E-state index in [4.69, 9.17) is 4.74 Å². The van der Waals surface area contributed by atoms with Crippen LogP contribution in [0.5, 0.6) is 0 Å². The highest BCUT2D eigenvalue weighted by Crippen LogP contribution is 2.36. The second-order valence-corrected chi connectivity index (χ2v) is 7.67. The number of hydrogen-bond acceptors (Lipinski definition) is 1. The summed E-state index contributed by atoms with van der Waals surface area (Å²) in [4.78, 5) is 0. The monoisotopic (exact) mass is 322 g/mol. The molecule has 1 fully saturated rings. The molecule has 1 atom stereocenters. The van der Waals surface area contributed by atoms with Crippen molar-refractivity contribution < 1.29 is 4.74 Å². The molecule has 1 rings (SSSR count). The lowest BCUT2D eigenvalue weighted by Crippen LogP contribution is -2.27. The van der Waals surface area contributed by atoms with E-state index in [0.29, 0.717) is 6.10 Å². The molecule has 0 aliphatic heterocycles. The van der Waals surface area contributed by atoms with Crippen molar-refractivity contribution in [2.75, 3.05) is 0 Å². The second kappa shape index (κ2) is 13.9. The van der Waals surface area contributed by atoms with Crippen LogP contribution in [0.1, 0.15) is 110 Å². The Balaban J connectivity index is 2.15. The Morgan fingerprint density at radius 2 is 1.48 bits per heavy atom. The highest BCUT2D eigenvalue weighted by molar-refractivity contribution is 4.80. The van der Waals surface area contributed by atoms with Gasteiger partial charge >= 0.3 is 0 Å². The van der Waals surface area contributed by atoms with Gasteiger partial charge in [-0.15, -0.1) is 0 Å². The zero-order valence-corrected chi connectivity index (χ0v) is 16.0. The van der Waals surface area contributed by atoms with Gasteiger partial charge in [0.1, 0.15) is 6.10 Å². The van der Waals surface area contributed by atoms with E-state index in [1.54, 1.807) is 6.26 Å². The predicted molar refractivity (Wildman–Crippen MR) is 103 cm³/mol. The Hall–Kier alpha value is -0.460. The van der Waals surface area contributed by atoms with Crippen LogP contribution in [0.15, 0.2) is 12.8 Å². The van der Waals surface area contributed by atoms with Gasteiger partial charge in [-0.2, -0.15) is 0 Å².